The topological polar surface area (TPSA) is 92.9 Å². The van der Waals surface area contributed by atoms with Gasteiger partial charge in [-0.25, -0.2) is 9.78 Å². The van der Waals surface area contributed by atoms with Crippen LogP contribution >= 0.6 is 0 Å². The van der Waals surface area contributed by atoms with Gasteiger partial charge in [-0.15, -0.1) is 0 Å². The second kappa shape index (κ2) is 6.95. The number of anilines is 2. The Hall–Kier alpha value is -3.16. The fraction of sp³-hybridized carbons (Fsp3) is 0.250. The summed E-state index contributed by atoms with van der Waals surface area (Å²) in [6.45, 7) is 2.71. The number of benzene rings is 1. The van der Waals surface area contributed by atoms with Gasteiger partial charge in [-0.1, -0.05) is 6.07 Å². The summed E-state index contributed by atoms with van der Waals surface area (Å²) in [6, 6.07) is 11.5. The third-order valence-corrected chi connectivity index (χ3v) is 3.93. The van der Waals surface area contributed by atoms with Crippen LogP contribution in [0.1, 0.15) is 0 Å². The molecule has 1 aromatic carbocycles. The Morgan fingerprint density at radius 1 is 1.08 bits per heavy atom. The average molecular weight is 328 g/mol. The molecule has 0 atom stereocenters. The van der Waals surface area contributed by atoms with Gasteiger partial charge in [0.05, 0.1) is 24.2 Å². The fourth-order valence-electron chi connectivity index (χ4n) is 2.60. The van der Waals surface area contributed by atoms with E-state index in [9.17, 15) is 14.9 Å². The van der Waals surface area contributed by atoms with Crippen LogP contribution in [0.25, 0.3) is 0 Å². The molecule has 8 nitrogen and oxygen atoms in total. The van der Waals surface area contributed by atoms with Crippen molar-refractivity contribution in [3.05, 3.63) is 58.8 Å². The molecule has 3 rings (SSSR count). The zero-order chi connectivity index (χ0) is 16.9. The van der Waals surface area contributed by atoms with Crippen molar-refractivity contribution in [3.63, 3.8) is 0 Å². The third-order valence-electron chi connectivity index (χ3n) is 3.93. The molecule has 2 N–H and O–H groups in total. The average Bonchev–Trinajstić information content (AvgIpc) is 2.63. The van der Waals surface area contributed by atoms with Gasteiger partial charge in [-0.05, 0) is 18.2 Å². The van der Waals surface area contributed by atoms with Crippen molar-refractivity contribution < 1.29 is 14.7 Å². The normalized spacial score (nSPS) is 14.3. The Morgan fingerprint density at radius 3 is 2.38 bits per heavy atom. The maximum absolute atomic E-state index is 12.3. The number of carbonyl (C=O) groups excluding carboxylic acids is 1. The number of hydrogen-bond donors (Lipinski definition) is 1. The van der Waals surface area contributed by atoms with Crippen LogP contribution in [0.5, 0.6) is 0 Å². The number of nitrogens with zero attached hydrogens (tertiary/aromatic N) is 3. The summed E-state index contributed by atoms with van der Waals surface area (Å²) >= 11 is 0. The zero-order valence-corrected chi connectivity index (χ0v) is 13.0. The van der Waals surface area contributed by atoms with E-state index in [-0.39, 0.29) is 11.7 Å². The lowest BCUT2D eigenvalue weighted by atomic mass is 10.3. The molecular formula is C16H18N5O3+. The van der Waals surface area contributed by atoms with Crippen molar-refractivity contribution in [3.8, 4) is 0 Å². The Morgan fingerprint density at radius 2 is 1.79 bits per heavy atom. The second-order valence-electron chi connectivity index (χ2n) is 5.46. The lowest BCUT2D eigenvalue weighted by molar-refractivity contribution is -0.384. The first-order valence-electron chi connectivity index (χ1n) is 7.65. The lowest BCUT2D eigenvalue weighted by Gasteiger charge is -2.30. The van der Waals surface area contributed by atoms with Crippen LogP contribution in [-0.4, -0.2) is 42.0 Å². The van der Waals surface area contributed by atoms with Crippen LogP contribution in [0.15, 0.2) is 48.7 Å². The molecule has 24 heavy (non-hydrogen) atoms. The highest BCUT2D eigenvalue weighted by Gasteiger charge is 2.26. The third kappa shape index (κ3) is 3.60. The molecular weight excluding hydrogens is 310 g/mol. The predicted octanol–water partition coefficient (Wildman–Crippen LogP) is 1.76. The van der Waals surface area contributed by atoms with Crippen molar-refractivity contribution in [1.82, 2.24) is 4.90 Å². The molecule has 0 radical (unpaired) electrons. The van der Waals surface area contributed by atoms with E-state index >= 15 is 0 Å². The van der Waals surface area contributed by atoms with E-state index in [1.165, 1.54) is 24.3 Å². The Balaban J connectivity index is 1.54. The predicted molar refractivity (Wildman–Crippen MR) is 88.9 cm³/mol. The van der Waals surface area contributed by atoms with E-state index < -0.39 is 4.92 Å². The van der Waals surface area contributed by atoms with Gasteiger partial charge in [0.25, 0.3) is 11.5 Å². The maximum Gasteiger partial charge on any atom is 0.322 e. The molecule has 2 amide bonds. The number of urea groups is 1. The van der Waals surface area contributed by atoms with Gasteiger partial charge in [0.1, 0.15) is 13.1 Å². The number of nitrogens with one attached hydrogen (secondary N) is 2. The van der Waals surface area contributed by atoms with E-state index in [0.717, 1.165) is 18.9 Å². The minimum atomic E-state index is -0.467. The lowest BCUT2D eigenvalue weighted by Crippen LogP contribution is -2.51. The molecule has 1 fully saturated rings. The summed E-state index contributed by atoms with van der Waals surface area (Å²) in [5.74, 6) is 1.04. The zero-order valence-electron chi connectivity index (χ0n) is 13.0. The SMILES string of the molecule is O=C(Nc1ccc([N+](=O)[O-])cc1)N1CCN(c2cccc[nH+]2)CC1. The molecule has 8 heteroatoms. The molecule has 2 heterocycles. The monoisotopic (exact) mass is 328 g/mol. The smallest absolute Gasteiger partial charge is 0.317 e. The first kappa shape index (κ1) is 15.7. The number of amides is 2. The minimum absolute atomic E-state index is 0.000671. The van der Waals surface area contributed by atoms with Gasteiger partial charge in [0.2, 0.25) is 0 Å². The summed E-state index contributed by atoms with van der Waals surface area (Å²) in [5.41, 5.74) is 0.546. The number of H-pyrrole nitrogens is 1. The Labute approximate surface area is 138 Å². The molecule has 2 aromatic rings. The van der Waals surface area contributed by atoms with Crippen molar-refractivity contribution in [1.29, 1.82) is 0 Å². The van der Waals surface area contributed by atoms with E-state index in [2.05, 4.69) is 15.2 Å². The number of rotatable bonds is 3. The molecule has 124 valence electrons. The number of aromatic amines is 1. The van der Waals surface area contributed by atoms with Crippen molar-refractivity contribution in [2.24, 2.45) is 0 Å². The van der Waals surface area contributed by atoms with Gasteiger partial charge >= 0.3 is 6.03 Å². The number of nitro groups is 1. The number of aromatic nitrogens is 1. The molecule has 1 aromatic heterocycles. The number of pyridine rings is 1. The molecule has 0 aliphatic carbocycles. The number of hydrogen-bond acceptors (Lipinski definition) is 4. The Kier molecular flexibility index (Phi) is 4.55. The maximum atomic E-state index is 12.3. The van der Waals surface area contributed by atoms with Crippen LogP contribution in [-0.2, 0) is 0 Å². The summed E-state index contributed by atoms with van der Waals surface area (Å²) in [7, 11) is 0. The number of carbonyl (C=O) groups is 1. The largest absolute Gasteiger partial charge is 0.322 e. The molecule has 0 bridgehead atoms. The Bertz CT molecular complexity index is 712. The van der Waals surface area contributed by atoms with Crippen molar-refractivity contribution in [2.45, 2.75) is 0 Å². The van der Waals surface area contributed by atoms with E-state index in [4.69, 9.17) is 0 Å². The number of non-ortho nitro benzene ring substituents is 1. The van der Waals surface area contributed by atoms with Crippen LogP contribution in [0, 0.1) is 10.1 Å². The quantitative estimate of drug-likeness (QED) is 0.686. The molecule has 1 saturated heterocycles. The van der Waals surface area contributed by atoms with Crippen LogP contribution in [0.2, 0.25) is 0 Å². The first-order chi connectivity index (χ1) is 11.6. The van der Waals surface area contributed by atoms with E-state index in [1.54, 1.807) is 4.90 Å². The van der Waals surface area contributed by atoms with Crippen molar-refractivity contribution in [2.75, 3.05) is 36.4 Å². The van der Waals surface area contributed by atoms with Gasteiger partial charge in [0.15, 0.2) is 0 Å². The summed E-state index contributed by atoms with van der Waals surface area (Å²) < 4.78 is 0. The van der Waals surface area contributed by atoms with Crippen LogP contribution in [0.4, 0.5) is 22.0 Å². The van der Waals surface area contributed by atoms with Crippen molar-refractivity contribution >= 4 is 23.2 Å². The first-order valence-corrected chi connectivity index (χ1v) is 7.65. The van der Waals surface area contributed by atoms with Gasteiger partial charge < -0.3 is 10.2 Å². The summed E-state index contributed by atoms with van der Waals surface area (Å²) in [5, 5.41) is 13.4. The van der Waals surface area contributed by atoms with Crippen LogP contribution in [0.3, 0.4) is 0 Å². The minimum Gasteiger partial charge on any atom is -0.317 e. The summed E-state index contributed by atoms with van der Waals surface area (Å²) in [6.07, 6.45) is 1.88. The highest BCUT2D eigenvalue weighted by molar-refractivity contribution is 5.89. The van der Waals surface area contributed by atoms with Crippen LogP contribution < -0.4 is 15.2 Å². The highest BCUT2D eigenvalue weighted by atomic mass is 16.6. The standard InChI is InChI=1S/C16H17N5O3/c22-16(18-13-4-6-14(7-5-13)21(23)24)20-11-9-19(10-12-20)15-3-1-2-8-17-15/h1-8H,9-12H2,(H,18,22)/p+1. The number of piperazine rings is 1. The molecule has 0 unspecified atom stereocenters. The fourth-order valence-corrected chi connectivity index (χ4v) is 2.60. The summed E-state index contributed by atoms with van der Waals surface area (Å²) in [4.78, 5) is 29.6. The van der Waals surface area contributed by atoms with Gasteiger partial charge in [0, 0.05) is 23.9 Å². The highest BCUT2D eigenvalue weighted by Crippen LogP contribution is 2.16. The van der Waals surface area contributed by atoms with Gasteiger partial charge in [-0.2, -0.15) is 0 Å². The molecule has 1 aliphatic heterocycles. The second-order valence-corrected chi connectivity index (χ2v) is 5.46. The van der Waals surface area contributed by atoms with E-state index in [0.29, 0.717) is 18.8 Å². The van der Waals surface area contributed by atoms with E-state index in [1.807, 2.05) is 24.4 Å². The molecule has 1 aliphatic rings. The molecule has 0 saturated carbocycles. The number of nitro benzene ring substituents is 1. The van der Waals surface area contributed by atoms with Gasteiger partial charge in [-0.3, -0.25) is 15.0 Å². The molecule has 0 spiro atoms.